The summed E-state index contributed by atoms with van der Waals surface area (Å²) < 4.78 is 10.9. The average molecular weight is 556 g/mol. The van der Waals surface area contributed by atoms with Gasteiger partial charge in [-0.2, -0.15) is 5.48 Å². The molecule has 3 aromatic rings. The van der Waals surface area contributed by atoms with Crippen LogP contribution < -0.4 is 26.7 Å². The molecule has 0 radical (unpaired) electrons. The van der Waals surface area contributed by atoms with Gasteiger partial charge < -0.3 is 25.6 Å². The molecule has 2 amide bonds. The van der Waals surface area contributed by atoms with E-state index in [9.17, 15) is 14.7 Å². The molecule has 12 heteroatoms. The second-order valence-corrected chi connectivity index (χ2v) is 8.92. The number of amides is 2. The van der Waals surface area contributed by atoms with Crippen LogP contribution in [0.15, 0.2) is 60.7 Å². The van der Waals surface area contributed by atoms with Crippen molar-refractivity contribution in [3.8, 4) is 5.75 Å². The summed E-state index contributed by atoms with van der Waals surface area (Å²) in [6.07, 6.45) is -1.56. The highest BCUT2D eigenvalue weighted by Crippen LogP contribution is 2.25. The van der Waals surface area contributed by atoms with Crippen molar-refractivity contribution in [2.24, 2.45) is 0 Å². The number of hydroxylamine groups is 1. The van der Waals surface area contributed by atoms with Crippen molar-refractivity contribution in [3.63, 3.8) is 0 Å². The molecule has 1 atom stereocenters. The van der Waals surface area contributed by atoms with Gasteiger partial charge in [0.1, 0.15) is 31.7 Å². The minimum atomic E-state index is -0.824. The third kappa shape index (κ3) is 9.98. The lowest BCUT2D eigenvalue weighted by Crippen LogP contribution is -2.47. The van der Waals surface area contributed by atoms with E-state index in [2.05, 4.69) is 21.2 Å². The number of aliphatic hydroxyl groups excluding tert-OH is 1. The standard InChI is InChI=1S/C28H37N5O7/c1-20-10-11-21(16-25(20)29)18-33(32-28(36)37-14-15-39-40-30-2)27(35)12-13-31-17-23(34)19-38-26-9-5-7-22-6-3-4-8-24(22)26/h3-11,16,23,30-31,34H,12-15,17-19,29H2,1-2H3,(H,32,36). The molecule has 6 N–H and O–H groups in total. The Labute approximate surface area is 233 Å². The number of benzene rings is 3. The predicted octanol–water partition coefficient (Wildman–Crippen LogP) is 2.20. The van der Waals surface area contributed by atoms with Gasteiger partial charge in [0.15, 0.2) is 0 Å². The lowest BCUT2D eigenvalue weighted by atomic mass is 10.1. The predicted molar refractivity (Wildman–Crippen MR) is 150 cm³/mol. The van der Waals surface area contributed by atoms with Gasteiger partial charge in [0.2, 0.25) is 5.91 Å². The van der Waals surface area contributed by atoms with Crippen molar-refractivity contribution >= 4 is 28.5 Å². The van der Waals surface area contributed by atoms with Crippen LogP contribution in [0.5, 0.6) is 5.75 Å². The van der Waals surface area contributed by atoms with Crippen LogP contribution in [0.25, 0.3) is 10.8 Å². The summed E-state index contributed by atoms with van der Waals surface area (Å²) >= 11 is 0. The topological polar surface area (TPSA) is 157 Å². The van der Waals surface area contributed by atoms with Gasteiger partial charge in [-0.25, -0.2) is 20.1 Å². The molecule has 0 aliphatic heterocycles. The third-order valence-corrected chi connectivity index (χ3v) is 5.83. The van der Waals surface area contributed by atoms with E-state index in [0.717, 1.165) is 21.9 Å². The van der Waals surface area contributed by atoms with Gasteiger partial charge >= 0.3 is 6.09 Å². The van der Waals surface area contributed by atoms with Crippen LogP contribution in [0.1, 0.15) is 17.5 Å². The summed E-state index contributed by atoms with van der Waals surface area (Å²) in [5.74, 6) is 0.332. The Bertz CT molecular complexity index is 1240. The fourth-order valence-corrected chi connectivity index (χ4v) is 3.74. The SMILES string of the molecule is CNOOCCOC(=O)NN(Cc1ccc(C)c(N)c1)C(=O)CCNCC(O)COc1cccc2ccccc12. The fourth-order valence-electron chi connectivity index (χ4n) is 3.74. The Balaban J connectivity index is 1.47. The smallest absolute Gasteiger partial charge is 0.426 e. The molecule has 0 fully saturated rings. The summed E-state index contributed by atoms with van der Waals surface area (Å²) in [6.45, 7) is 2.44. The minimum absolute atomic E-state index is 0.00679. The zero-order chi connectivity index (χ0) is 28.7. The first kappa shape index (κ1) is 30.6. The molecule has 0 aromatic heterocycles. The number of aliphatic hydroxyl groups is 1. The van der Waals surface area contributed by atoms with Crippen molar-refractivity contribution in [1.82, 2.24) is 21.2 Å². The van der Waals surface area contributed by atoms with E-state index >= 15 is 0 Å². The molecule has 0 spiro atoms. The van der Waals surface area contributed by atoms with E-state index in [0.29, 0.717) is 11.4 Å². The molecule has 216 valence electrons. The zero-order valence-corrected chi connectivity index (χ0v) is 22.7. The van der Waals surface area contributed by atoms with E-state index < -0.39 is 12.2 Å². The van der Waals surface area contributed by atoms with Crippen molar-refractivity contribution in [2.75, 3.05) is 45.7 Å². The van der Waals surface area contributed by atoms with Crippen molar-refractivity contribution < 1.29 is 34.0 Å². The van der Waals surface area contributed by atoms with Crippen LogP contribution in [-0.4, -0.2) is 68.2 Å². The number of ether oxygens (including phenoxy) is 2. The van der Waals surface area contributed by atoms with Gasteiger partial charge in [-0.15, -0.1) is 4.99 Å². The van der Waals surface area contributed by atoms with Crippen molar-refractivity contribution in [3.05, 3.63) is 71.8 Å². The summed E-state index contributed by atoms with van der Waals surface area (Å²) in [5.41, 5.74) is 13.0. The maximum absolute atomic E-state index is 13.0. The highest BCUT2D eigenvalue weighted by Gasteiger charge is 2.18. The number of hydrazine groups is 1. The molecular weight excluding hydrogens is 518 g/mol. The number of fused-ring (bicyclic) bond motifs is 1. The number of anilines is 1. The Hall–Kier alpha value is -3.94. The Kier molecular flexibility index (Phi) is 12.4. The van der Waals surface area contributed by atoms with Crippen LogP contribution in [-0.2, 0) is 26.0 Å². The number of nitrogens with two attached hydrogens (primary N) is 1. The summed E-state index contributed by atoms with van der Waals surface area (Å²) in [4.78, 5) is 34.4. The van der Waals surface area contributed by atoms with Crippen LogP contribution >= 0.6 is 0 Å². The van der Waals surface area contributed by atoms with Gasteiger partial charge in [-0.1, -0.05) is 48.5 Å². The number of aryl methyl sites for hydroxylation is 1. The Morgan fingerprint density at radius 2 is 1.88 bits per heavy atom. The molecule has 40 heavy (non-hydrogen) atoms. The summed E-state index contributed by atoms with van der Waals surface area (Å²) in [6, 6.07) is 19.0. The molecule has 0 saturated carbocycles. The zero-order valence-electron chi connectivity index (χ0n) is 22.7. The molecule has 12 nitrogen and oxygen atoms in total. The van der Waals surface area contributed by atoms with Crippen molar-refractivity contribution in [2.45, 2.75) is 26.0 Å². The number of hydrogen-bond donors (Lipinski definition) is 5. The van der Waals surface area contributed by atoms with Crippen LogP contribution in [0.2, 0.25) is 0 Å². The Morgan fingerprint density at radius 3 is 2.67 bits per heavy atom. The number of rotatable bonds is 15. The second kappa shape index (κ2) is 16.2. The molecular formula is C28H37N5O7. The molecule has 0 bridgehead atoms. The molecule has 0 aliphatic rings. The molecule has 3 aromatic carbocycles. The lowest BCUT2D eigenvalue weighted by Gasteiger charge is -2.23. The number of nitrogen functional groups attached to an aromatic ring is 1. The van der Waals surface area contributed by atoms with Crippen LogP contribution in [0.4, 0.5) is 10.5 Å². The number of nitrogens with one attached hydrogen (secondary N) is 3. The van der Waals surface area contributed by atoms with Crippen molar-refractivity contribution in [1.29, 1.82) is 0 Å². The molecule has 3 rings (SSSR count). The largest absolute Gasteiger partial charge is 0.490 e. The molecule has 0 heterocycles. The van der Waals surface area contributed by atoms with Gasteiger partial charge in [-0.05, 0) is 35.6 Å². The third-order valence-electron chi connectivity index (χ3n) is 5.83. The van der Waals surface area contributed by atoms with E-state index in [1.165, 1.54) is 12.1 Å². The van der Waals surface area contributed by atoms with E-state index in [4.69, 9.17) is 20.1 Å². The second-order valence-electron chi connectivity index (χ2n) is 8.92. The van der Waals surface area contributed by atoms with Crippen LogP contribution in [0.3, 0.4) is 0 Å². The number of carbonyl (C=O) groups excluding carboxylic acids is 2. The highest BCUT2D eigenvalue weighted by atomic mass is 17.3. The van der Waals surface area contributed by atoms with Gasteiger partial charge in [0.25, 0.3) is 0 Å². The molecule has 1 unspecified atom stereocenters. The molecule has 0 saturated heterocycles. The lowest BCUT2D eigenvalue weighted by molar-refractivity contribution is -0.334. The van der Waals surface area contributed by atoms with Gasteiger partial charge in [-0.3, -0.25) is 4.79 Å². The van der Waals surface area contributed by atoms with E-state index in [1.54, 1.807) is 6.07 Å². The maximum atomic E-state index is 13.0. The summed E-state index contributed by atoms with van der Waals surface area (Å²) in [5, 5.41) is 16.6. The molecule has 0 aliphatic carbocycles. The number of hydrogen-bond acceptors (Lipinski definition) is 10. The first-order valence-corrected chi connectivity index (χ1v) is 12.9. The first-order valence-electron chi connectivity index (χ1n) is 12.9. The van der Waals surface area contributed by atoms with Gasteiger partial charge in [0, 0.05) is 37.6 Å². The van der Waals surface area contributed by atoms with E-state index in [1.807, 2.05) is 61.5 Å². The van der Waals surface area contributed by atoms with Gasteiger partial charge in [0.05, 0.1) is 6.54 Å². The summed E-state index contributed by atoms with van der Waals surface area (Å²) in [7, 11) is 1.52. The minimum Gasteiger partial charge on any atom is -0.490 e. The fraction of sp³-hybridized carbons (Fsp3) is 0.357. The first-order chi connectivity index (χ1) is 19.4. The highest BCUT2D eigenvalue weighted by molar-refractivity contribution is 5.88. The number of carbonyl (C=O) groups is 2. The number of nitrogens with zero attached hydrogens (tertiary/aromatic N) is 1. The van der Waals surface area contributed by atoms with E-state index in [-0.39, 0.29) is 51.8 Å². The Morgan fingerprint density at radius 1 is 1.07 bits per heavy atom. The maximum Gasteiger partial charge on any atom is 0.426 e. The average Bonchev–Trinajstić information content (AvgIpc) is 2.95. The normalized spacial score (nSPS) is 11.7. The monoisotopic (exact) mass is 555 g/mol. The quantitative estimate of drug-likeness (QED) is 0.0815. The van der Waals surface area contributed by atoms with Crippen LogP contribution in [0, 0.1) is 6.92 Å².